The van der Waals surface area contributed by atoms with Gasteiger partial charge in [-0.3, -0.25) is 10.4 Å². The third-order valence-corrected chi connectivity index (χ3v) is 4.09. The molecular formula is C18H17BrN4O2. The first-order chi connectivity index (χ1) is 12.2. The first-order valence-corrected chi connectivity index (χ1v) is 8.39. The van der Waals surface area contributed by atoms with Crippen LogP contribution in [0.3, 0.4) is 0 Å². The van der Waals surface area contributed by atoms with Crippen LogP contribution in [0.15, 0.2) is 52.2 Å². The van der Waals surface area contributed by atoms with Gasteiger partial charge in [-0.1, -0.05) is 28.1 Å². The van der Waals surface area contributed by atoms with Gasteiger partial charge in [-0.15, -0.1) is 0 Å². The number of fused-ring (bicyclic) bond motifs is 1. The summed E-state index contributed by atoms with van der Waals surface area (Å²) in [5, 5.41) is 4.20. The SMILES string of the molecule is COc1cc2ncc(N/N=C/Cc3ccc(Br)cc3)nc2cc1OC. The van der Waals surface area contributed by atoms with Gasteiger partial charge in [0.25, 0.3) is 0 Å². The quantitative estimate of drug-likeness (QED) is 0.499. The van der Waals surface area contributed by atoms with Crippen LogP contribution in [-0.2, 0) is 6.42 Å². The normalized spacial score (nSPS) is 11.0. The molecule has 0 aliphatic heterocycles. The topological polar surface area (TPSA) is 68.6 Å². The van der Waals surface area contributed by atoms with Crippen LogP contribution < -0.4 is 14.9 Å². The zero-order chi connectivity index (χ0) is 17.6. The maximum Gasteiger partial charge on any atom is 0.165 e. The van der Waals surface area contributed by atoms with Crippen LogP contribution in [0.4, 0.5) is 5.82 Å². The monoisotopic (exact) mass is 400 g/mol. The van der Waals surface area contributed by atoms with Crippen LogP contribution in [0, 0.1) is 0 Å². The van der Waals surface area contributed by atoms with E-state index >= 15 is 0 Å². The van der Waals surface area contributed by atoms with Crippen LogP contribution in [0.1, 0.15) is 5.56 Å². The molecule has 0 atom stereocenters. The van der Waals surface area contributed by atoms with E-state index in [0.717, 1.165) is 16.4 Å². The Morgan fingerprint density at radius 1 is 1.08 bits per heavy atom. The largest absolute Gasteiger partial charge is 0.493 e. The van der Waals surface area contributed by atoms with E-state index in [1.807, 2.05) is 24.3 Å². The molecular weight excluding hydrogens is 384 g/mol. The molecule has 0 radical (unpaired) electrons. The van der Waals surface area contributed by atoms with Gasteiger partial charge < -0.3 is 9.47 Å². The van der Waals surface area contributed by atoms with Crippen LogP contribution in [0.5, 0.6) is 11.5 Å². The summed E-state index contributed by atoms with van der Waals surface area (Å²) in [6.07, 6.45) is 4.15. The van der Waals surface area contributed by atoms with Crippen molar-refractivity contribution in [1.29, 1.82) is 0 Å². The lowest BCUT2D eigenvalue weighted by atomic mass is 10.2. The van der Waals surface area contributed by atoms with E-state index in [-0.39, 0.29) is 0 Å². The number of nitrogens with zero attached hydrogens (tertiary/aromatic N) is 3. The highest BCUT2D eigenvalue weighted by molar-refractivity contribution is 9.10. The van der Waals surface area contributed by atoms with E-state index < -0.39 is 0 Å². The summed E-state index contributed by atoms with van der Waals surface area (Å²) in [4.78, 5) is 8.86. The van der Waals surface area contributed by atoms with Gasteiger partial charge in [0.1, 0.15) is 0 Å². The molecule has 0 fully saturated rings. The lowest BCUT2D eigenvalue weighted by Crippen LogP contribution is -1.97. The van der Waals surface area contributed by atoms with Crippen LogP contribution in [-0.4, -0.2) is 30.4 Å². The highest BCUT2D eigenvalue weighted by atomic mass is 79.9. The summed E-state index contributed by atoms with van der Waals surface area (Å²) in [6.45, 7) is 0. The van der Waals surface area contributed by atoms with Crippen molar-refractivity contribution in [3.05, 3.63) is 52.6 Å². The molecule has 0 bridgehead atoms. The minimum atomic E-state index is 0.562. The van der Waals surface area contributed by atoms with Crippen LogP contribution >= 0.6 is 15.9 Å². The molecule has 1 aromatic heterocycles. The standard InChI is InChI=1S/C18H17BrN4O2/c1-24-16-9-14-15(10-17(16)25-2)22-18(11-20-14)23-21-8-7-12-3-5-13(19)6-4-12/h3-6,8-11H,7H2,1-2H3,(H,22,23)/b21-8+. The number of hydrogen-bond acceptors (Lipinski definition) is 6. The van der Waals surface area contributed by atoms with Crippen molar-refractivity contribution in [1.82, 2.24) is 9.97 Å². The number of hydrogen-bond donors (Lipinski definition) is 1. The fourth-order valence-corrected chi connectivity index (χ4v) is 2.54. The first kappa shape index (κ1) is 17.2. The molecule has 7 heteroatoms. The molecule has 3 rings (SSSR count). The Labute approximate surface area is 154 Å². The fourth-order valence-electron chi connectivity index (χ4n) is 2.28. The molecule has 0 amide bonds. The molecule has 0 aliphatic rings. The number of benzene rings is 2. The van der Waals surface area contributed by atoms with Gasteiger partial charge in [-0.05, 0) is 17.7 Å². The number of nitrogens with one attached hydrogen (secondary N) is 1. The number of aromatic nitrogens is 2. The Balaban J connectivity index is 1.71. The lowest BCUT2D eigenvalue weighted by molar-refractivity contribution is 0.355. The Bertz CT molecular complexity index is 897. The van der Waals surface area contributed by atoms with Crippen molar-refractivity contribution in [3.63, 3.8) is 0 Å². The Morgan fingerprint density at radius 3 is 2.44 bits per heavy atom. The second-order valence-electron chi connectivity index (χ2n) is 5.21. The fraction of sp³-hybridized carbons (Fsp3) is 0.167. The first-order valence-electron chi connectivity index (χ1n) is 7.60. The maximum absolute atomic E-state index is 5.29. The van der Waals surface area contributed by atoms with Gasteiger partial charge in [-0.2, -0.15) is 5.10 Å². The minimum Gasteiger partial charge on any atom is -0.493 e. The molecule has 0 spiro atoms. The van der Waals surface area contributed by atoms with Gasteiger partial charge in [-0.25, -0.2) is 4.98 Å². The number of ether oxygens (including phenoxy) is 2. The van der Waals surface area contributed by atoms with Crippen molar-refractivity contribution < 1.29 is 9.47 Å². The summed E-state index contributed by atoms with van der Waals surface area (Å²) >= 11 is 3.42. The van der Waals surface area contributed by atoms with E-state index in [4.69, 9.17) is 9.47 Å². The zero-order valence-electron chi connectivity index (χ0n) is 13.9. The highest BCUT2D eigenvalue weighted by Gasteiger charge is 2.08. The molecule has 1 heterocycles. The third-order valence-electron chi connectivity index (χ3n) is 3.56. The predicted molar refractivity (Wildman–Crippen MR) is 103 cm³/mol. The molecule has 0 saturated heterocycles. The molecule has 6 nitrogen and oxygen atoms in total. The average Bonchev–Trinajstić information content (AvgIpc) is 2.65. The molecule has 0 saturated carbocycles. The molecule has 2 aromatic carbocycles. The average molecular weight is 401 g/mol. The summed E-state index contributed by atoms with van der Waals surface area (Å²) in [6, 6.07) is 11.7. The van der Waals surface area contributed by atoms with E-state index in [2.05, 4.69) is 36.4 Å². The highest BCUT2D eigenvalue weighted by Crippen LogP contribution is 2.30. The van der Waals surface area contributed by atoms with Crippen molar-refractivity contribution in [3.8, 4) is 11.5 Å². The maximum atomic E-state index is 5.29. The summed E-state index contributed by atoms with van der Waals surface area (Å²) in [5.41, 5.74) is 5.50. The number of methoxy groups -OCH3 is 2. The van der Waals surface area contributed by atoms with Gasteiger partial charge >= 0.3 is 0 Å². The van der Waals surface area contributed by atoms with Crippen molar-refractivity contribution >= 4 is 39.0 Å². The predicted octanol–water partition coefficient (Wildman–Crippen LogP) is 4.05. The zero-order valence-corrected chi connectivity index (χ0v) is 15.4. The van der Waals surface area contributed by atoms with Crippen LogP contribution in [0.25, 0.3) is 11.0 Å². The van der Waals surface area contributed by atoms with Crippen molar-refractivity contribution in [2.45, 2.75) is 6.42 Å². The number of halogens is 1. The van der Waals surface area contributed by atoms with Gasteiger partial charge in [0.2, 0.25) is 0 Å². The number of rotatable bonds is 6. The molecule has 0 aliphatic carbocycles. The smallest absolute Gasteiger partial charge is 0.165 e. The minimum absolute atomic E-state index is 0.562. The lowest BCUT2D eigenvalue weighted by Gasteiger charge is -2.08. The Kier molecular flexibility index (Phi) is 5.45. The summed E-state index contributed by atoms with van der Waals surface area (Å²) in [5.74, 6) is 1.80. The van der Waals surface area contributed by atoms with Crippen LogP contribution in [0.2, 0.25) is 0 Å². The number of hydrazone groups is 1. The van der Waals surface area contributed by atoms with Crippen molar-refractivity contribution in [2.24, 2.45) is 5.10 Å². The second-order valence-corrected chi connectivity index (χ2v) is 6.12. The summed E-state index contributed by atoms with van der Waals surface area (Å²) in [7, 11) is 3.18. The number of anilines is 1. The molecule has 25 heavy (non-hydrogen) atoms. The summed E-state index contributed by atoms with van der Waals surface area (Å²) < 4.78 is 11.6. The van der Waals surface area contributed by atoms with Crippen molar-refractivity contribution in [2.75, 3.05) is 19.6 Å². The van der Waals surface area contributed by atoms with E-state index in [1.54, 1.807) is 38.8 Å². The molecule has 3 aromatic rings. The molecule has 128 valence electrons. The van der Waals surface area contributed by atoms with E-state index in [1.165, 1.54) is 5.56 Å². The van der Waals surface area contributed by atoms with E-state index in [0.29, 0.717) is 22.8 Å². The molecule has 0 unspecified atom stereocenters. The Hall–Kier alpha value is -2.67. The second kappa shape index (κ2) is 7.94. The Morgan fingerprint density at radius 2 is 1.76 bits per heavy atom. The molecule has 1 N–H and O–H groups in total. The third kappa shape index (κ3) is 4.24. The van der Waals surface area contributed by atoms with Gasteiger partial charge in [0.15, 0.2) is 17.3 Å². The van der Waals surface area contributed by atoms with Gasteiger partial charge in [0, 0.05) is 29.2 Å². The van der Waals surface area contributed by atoms with Gasteiger partial charge in [0.05, 0.1) is 31.4 Å². The van der Waals surface area contributed by atoms with E-state index in [9.17, 15) is 0 Å².